The molecule has 0 aliphatic heterocycles. The van der Waals surface area contributed by atoms with Crippen LogP contribution in [-0.2, 0) is 21.2 Å². The van der Waals surface area contributed by atoms with Gasteiger partial charge < -0.3 is 4.90 Å². The second-order valence-electron chi connectivity index (χ2n) is 9.43. The predicted molar refractivity (Wildman–Crippen MR) is 153 cm³/mol. The van der Waals surface area contributed by atoms with E-state index in [1.54, 1.807) is 13.8 Å². The monoisotopic (exact) mass is 549 g/mol. The smallest absolute Gasteiger partial charge is 0.244 e. The molecule has 10 heteroatoms. The molecule has 0 fully saturated rings. The lowest BCUT2D eigenvalue weighted by Crippen LogP contribution is -2.45. The van der Waals surface area contributed by atoms with Crippen LogP contribution in [0.3, 0.4) is 0 Å². The van der Waals surface area contributed by atoms with Crippen molar-refractivity contribution in [2.24, 2.45) is 0 Å². The lowest BCUT2D eigenvalue weighted by atomic mass is 10.1. The van der Waals surface area contributed by atoms with Crippen LogP contribution in [0, 0.1) is 20.8 Å². The summed E-state index contributed by atoms with van der Waals surface area (Å²) in [6, 6.07) is 19.7. The van der Waals surface area contributed by atoms with Gasteiger partial charge in [-0.15, -0.1) is 10.2 Å². The van der Waals surface area contributed by atoms with E-state index in [9.17, 15) is 13.2 Å². The molecule has 1 unspecified atom stereocenters. The van der Waals surface area contributed by atoms with Gasteiger partial charge in [0.05, 0.1) is 4.90 Å². The Balaban J connectivity index is 1.58. The average molecular weight is 550 g/mol. The molecule has 0 saturated carbocycles. The number of nitrogens with one attached hydrogen (secondary N) is 2. The highest BCUT2D eigenvalue weighted by molar-refractivity contribution is 7.89. The van der Waals surface area contributed by atoms with Gasteiger partial charge in [-0.25, -0.2) is 8.42 Å². The molecule has 1 aromatic heterocycles. The Morgan fingerprint density at radius 1 is 0.947 bits per heavy atom. The summed E-state index contributed by atoms with van der Waals surface area (Å²) in [6.07, 6.45) is 0.174. The molecule has 1 heterocycles. The van der Waals surface area contributed by atoms with Crippen LogP contribution in [0.25, 0.3) is 10.6 Å². The van der Waals surface area contributed by atoms with Gasteiger partial charge in [-0.1, -0.05) is 59.4 Å². The number of hydrogen-bond acceptors (Lipinski definition) is 7. The first-order valence-corrected chi connectivity index (χ1v) is 14.4. The van der Waals surface area contributed by atoms with Gasteiger partial charge >= 0.3 is 0 Å². The third-order valence-electron chi connectivity index (χ3n) is 6.06. The number of carbonyl (C=O) groups is 1. The van der Waals surface area contributed by atoms with Gasteiger partial charge in [0, 0.05) is 25.3 Å². The summed E-state index contributed by atoms with van der Waals surface area (Å²) >= 11 is 1.23. The van der Waals surface area contributed by atoms with Crippen molar-refractivity contribution in [1.82, 2.24) is 14.9 Å². The van der Waals surface area contributed by atoms with E-state index in [1.807, 2.05) is 92.6 Å². The van der Waals surface area contributed by atoms with E-state index in [0.717, 1.165) is 22.4 Å². The molecule has 0 bridgehead atoms. The highest BCUT2D eigenvalue weighted by atomic mass is 32.2. The molecule has 4 rings (SSSR count). The summed E-state index contributed by atoms with van der Waals surface area (Å²) < 4.78 is 29.6. The lowest BCUT2D eigenvalue weighted by Gasteiger charge is -2.20. The standard InChI is InChI=1S/C28H31N5O3S2/c1-18-15-19(2)25(20(3)16-18)38(35,36)32-24(17-21-9-7-6-8-10-21)26(34)29-28-31-30-27(37-28)22-11-13-23(14-12-22)33(4)5/h6-16,24,32H,17H2,1-5H3,(H,29,31,34). The molecule has 8 nitrogen and oxygen atoms in total. The third kappa shape index (κ3) is 6.45. The fourth-order valence-electron chi connectivity index (χ4n) is 4.36. The maximum Gasteiger partial charge on any atom is 0.244 e. The summed E-state index contributed by atoms with van der Waals surface area (Å²) in [7, 11) is -0.0566. The molecule has 0 radical (unpaired) electrons. The minimum Gasteiger partial charge on any atom is -0.378 e. The zero-order chi connectivity index (χ0) is 27.4. The summed E-state index contributed by atoms with van der Waals surface area (Å²) in [5, 5.41) is 12.0. The van der Waals surface area contributed by atoms with Crippen molar-refractivity contribution >= 4 is 38.1 Å². The van der Waals surface area contributed by atoms with Crippen molar-refractivity contribution < 1.29 is 13.2 Å². The van der Waals surface area contributed by atoms with Crippen LogP contribution in [0.15, 0.2) is 71.6 Å². The van der Waals surface area contributed by atoms with Gasteiger partial charge in [-0.05, 0) is 68.1 Å². The number of rotatable bonds is 9. The number of hydrogen-bond donors (Lipinski definition) is 2. The molecule has 2 N–H and O–H groups in total. The molecule has 38 heavy (non-hydrogen) atoms. The van der Waals surface area contributed by atoms with Crippen molar-refractivity contribution in [2.75, 3.05) is 24.3 Å². The first-order valence-electron chi connectivity index (χ1n) is 12.1. The fraction of sp³-hybridized carbons (Fsp3) is 0.250. The van der Waals surface area contributed by atoms with Crippen molar-refractivity contribution in [1.29, 1.82) is 0 Å². The molecular formula is C28H31N5O3S2. The molecule has 0 saturated heterocycles. The Kier molecular flexibility index (Phi) is 8.25. The molecule has 0 spiro atoms. The number of carbonyl (C=O) groups excluding carboxylic acids is 1. The Morgan fingerprint density at radius 2 is 1.58 bits per heavy atom. The van der Waals surface area contributed by atoms with Gasteiger partial charge in [0.15, 0.2) is 0 Å². The second kappa shape index (κ2) is 11.4. The molecule has 198 valence electrons. The number of anilines is 2. The van der Waals surface area contributed by atoms with Crippen LogP contribution in [0.1, 0.15) is 22.3 Å². The van der Waals surface area contributed by atoms with E-state index < -0.39 is 22.0 Å². The first-order chi connectivity index (χ1) is 18.0. The van der Waals surface area contributed by atoms with Crippen molar-refractivity contribution in [3.63, 3.8) is 0 Å². The van der Waals surface area contributed by atoms with Crippen LogP contribution >= 0.6 is 11.3 Å². The Hall–Kier alpha value is -3.60. The number of nitrogens with zero attached hydrogens (tertiary/aromatic N) is 3. The van der Waals surface area contributed by atoms with Gasteiger partial charge in [0.25, 0.3) is 0 Å². The van der Waals surface area contributed by atoms with Crippen LogP contribution < -0.4 is 14.9 Å². The van der Waals surface area contributed by atoms with Gasteiger partial charge in [0.1, 0.15) is 11.0 Å². The highest BCUT2D eigenvalue weighted by Gasteiger charge is 2.29. The third-order valence-corrected chi connectivity index (χ3v) is 8.72. The maximum atomic E-state index is 13.5. The summed E-state index contributed by atoms with van der Waals surface area (Å²) in [6.45, 7) is 5.44. The van der Waals surface area contributed by atoms with E-state index in [2.05, 4.69) is 20.2 Å². The highest BCUT2D eigenvalue weighted by Crippen LogP contribution is 2.28. The number of sulfonamides is 1. The number of amides is 1. The summed E-state index contributed by atoms with van der Waals surface area (Å²) in [5.41, 5.74) is 4.99. The Labute approximate surface area is 227 Å². The Morgan fingerprint density at radius 3 is 2.18 bits per heavy atom. The minimum absolute atomic E-state index is 0.174. The first kappa shape index (κ1) is 27.4. The topological polar surface area (TPSA) is 104 Å². The normalized spacial score (nSPS) is 12.2. The van der Waals surface area contributed by atoms with Gasteiger partial charge in [-0.2, -0.15) is 4.72 Å². The number of benzene rings is 3. The number of aryl methyl sites for hydroxylation is 3. The van der Waals surface area contributed by atoms with E-state index in [-0.39, 0.29) is 11.3 Å². The van der Waals surface area contributed by atoms with Crippen molar-refractivity contribution in [3.8, 4) is 10.6 Å². The van der Waals surface area contributed by atoms with Crippen LogP contribution in [0.4, 0.5) is 10.8 Å². The van der Waals surface area contributed by atoms with Crippen LogP contribution in [-0.4, -0.2) is 44.7 Å². The number of aromatic nitrogens is 2. The quantitative estimate of drug-likeness (QED) is 0.313. The van der Waals surface area contributed by atoms with Gasteiger partial charge in [-0.3, -0.25) is 10.1 Å². The largest absolute Gasteiger partial charge is 0.378 e. The fourth-order valence-corrected chi connectivity index (χ4v) is 6.76. The minimum atomic E-state index is -3.99. The Bertz CT molecular complexity index is 1510. The van der Waals surface area contributed by atoms with E-state index in [1.165, 1.54) is 11.3 Å². The molecule has 1 amide bonds. The maximum absolute atomic E-state index is 13.5. The van der Waals surface area contributed by atoms with Crippen molar-refractivity contribution in [3.05, 3.63) is 89.0 Å². The van der Waals surface area contributed by atoms with Crippen molar-refractivity contribution in [2.45, 2.75) is 38.1 Å². The molecule has 1 atom stereocenters. The molecule has 3 aromatic carbocycles. The predicted octanol–water partition coefficient (Wildman–Crippen LogP) is 4.72. The summed E-state index contributed by atoms with van der Waals surface area (Å²) in [5.74, 6) is -0.509. The van der Waals surface area contributed by atoms with E-state index in [0.29, 0.717) is 21.3 Å². The molecular weight excluding hydrogens is 518 g/mol. The second-order valence-corrected chi connectivity index (χ2v) is 12.1. The SMILES string of the molecule is Cc1cc(C)c(S(=O)(=O)NC(Cc2ccccc2)C(=O)Nc2nnc(-c3ccc(N(C)C)cc3)s2)c(C)c1. The molecule has 4 aromatic rings. The average Bonchev–Trinajstić information content (AvgIpc) is 3.31. The summed E-state index contributed by atoms with van der Waals surface area (Å²) in [4.78, 5) is 15.6. The van der Waals surface area contributed by atoms with Crippen LogP contribution in [0.5, 0.6) is 0 Å². The zero-order valence-electron chi connectivity index (χ0n) is 22.0. The molecule has 0 aliphatic carbocycles. The van der Waals surface area contributed by atoms with E-state index in [4.69, 9.17) is 0 Å². The van der Waals surface area contributed by atoms with E-state index >= 15 is 0 Å². The lowest BCUT2D eigenvalue weighted by molar-refractivity contribution is -0.117. The van der Waals surface area contributed by atoms with Crippen LogP contribution in [0.2, 0.25) is 0 Å². The molecule has 0 aliphatic rings. The zero-order valence-corrected chi connectivity index (χ0v) is 23.7. The van der Waals surface area contributed by atoms with Gasteiger partial charge in [0.2, 0.25) is 21.1 Å².